The van der Waals surface area contributed by atoms with E-state index in [9.17, 15) is 4.79 Å². The van der Waals surface area contributed by atoms with Gasteiger partial charge in [0, 0.05) is 31.5 Å². The number of anilines is 1. The summed E-state index contributed by atoms with van der Waals surface area (Å²) in [5, 5.41) is 2.95. The predicted octanol–water partition coefficient (Wildman–Crippen LogP) is 4.89. The van der Waals surface area contributed by atoms with Crippen molar-refractivity contribution in [2.45, 2.75) is 25.8 Å². The summed E-state index contributed by atoms with van der Waals surface area (Å²) in [6.45, 7) is 2.78. The van der Waals surface area contributed by atoms with Crippen LogP contribution in [0.1, 0.15) is 30.1 Å². The second-order valence-corrected chi connectivity index (χ2v) is 7.13. The zero-order valence-electron chi connectivity index (χ0n) is 16.1. The molecule has 1 aromatic carbocycles. The molecule has 6 nitrogen and oxygen atoms in total. The Morgan fingerprint density at radius 2 is 2.00 bits per heavy atom. The van der Waals surface area contributed by atoms with Gasteiger partial charge in [-0.3, -0.25) is 0 Å². The lowest BCUT2D eigenvalue weighted by Gasteiger charge is -2.25. The number of nitrogens with one attached hydrogen (secondary N) is 1. The summed E-state index contributed by atoms with van der Waals surface area (Å²) < 4.78 is 7.81. The molecular weight excluding hydrogens is 352 g/mol. The quantitative estimate of drug-likeness (QED) is 0.705. The second kappa shape index (κ2) is 7.76. The number of nitrogens with zero attached hydrogens (tertiary/aromatic N) is 3. The van der Waals surface area contributed by atoms with Crippen LogP contribution in [0.15, 0.2) is 60.9 Å². The monoisotopic (exact) mass is 376 g/mol. The normalized spacial score (nSPS) is 16.2. The molecule has 0 bridgehead atoms. The van der Waals surface area contributed by atoms with Crippen LogP contribution in [0.5, 0.6) is 11.6 Å². The highest BCUT2D eigenvalue weighted by Crippen LogP contribution is 2.32. The number of likely N-dealkylation sites (tertiary alicyclic amines) is 1. The summed E-state index contributed by atoms with van der Waals surface area (Å²) in [7, 11) is 2.01. The van der Waals surface area contributed by atoms with E-state index in [2.05, 4.69) is 20.9 Å². The molecule has 0 spiro atoms. The molecular formula is C22H24N4O2. The van der Waals surface area contributed by atoms with Gasteiger partial charge in [0.2, 0.25) is 5.88 Å². The van der Waals surface area contributed by atoms with E-state index in [1.165, 1.54) is 5.56 Å². The molecule has 2 amide bonds. The number of amides is 2. The first-order valence-electron chi connectivity index (χ1n) is 9.49. The number of hydrogen-bond donors (Lipinski definition) is 1. The highest BCUT2D eigenvalue weighted by Gasteiger charge is 2.31. The molecule has 1 aliphatic heterocycles. The van der Waals surface area contributed by atoms with E-state index < -0.39 is 0 Å². The average molecular weight is 376 g/mol. The van der Waals surface area contributed by atoms with Gasteiger partial charge in [-0.05, 0) is 50.1 Å². The van der Waals surface area contributed by atoms with Crippen molar-refractivity contribution in [3.8, 4) is 11.6 Å². The number of benzene rings is 1. The van der Waals surface area contributed by atoms with E-state index in [1.54, 1.807) is 12.3 Å². The third-order valence-corrected chi connectivity index (χ3v) is 5.07. The molecule has 1 saturated heterocycles. The van der Waals surface area contributed by atoms with Crippen molar-refractivity contribution in [2.24, 2.45) is 7.05 Å². The molecule has 1 N–H and O–H groups in total. The number of aromatic nitrogens is 2. The fourth-order valence-electron chi connectivity index (χ4n) is 3.57. The standard InChI is InChI=1S/C22H24N4O2/c1-16-7-10-18(11-8-16)28-21-12-9-17(15-23-21)24-22(27)26-14-4-6-20(26)19-5-3-13-25(19)2/h3,5,7-13,15,20H,4,6,14H2,1-2H3,(H,24,27). The Kier molecular flexibility index (Phi) is 5.02. The van der Waals surface area contributed by atoms with E-state index in [-0.39, 0.29) is 12.1 Å². The maximum atomic E-state index is 12.8. The van der Waals surface area contributed by atoms with Crippen molar-refractivity contribution in [3.05, 3.63) is 72.2 Å². The van der Waals surface area contributed by atoms with Crippen molar-refractivity contribution in [2.75, 3.05) is 11.9 Å². The SMILES string of the molecule is Cc1ccc(Oc2ccc(NC(=O)N3CCCC3c3cccn3C)cn2)cc1. The fourth-order valence-corrected chi connectivity index (χ4v) is 3.57. The van der Waals surface area contributed by atoms with Gasteiger partial charge in [0.1, 0.15) is 5.75 Å². The number of rotatable bonds is 4. The third kappa shape index (κ3) is 3.86. The minimum atomic E-state index is -0.0993. The number of aryl methyl sites for hydroxylation is 2. The number of pyridine rings is 1. The van der Waals surface area contributed by atoms with Crippen LogP contribution >= 0.6 is 0 Å². The maximum Gasteiger partial charge on any atom is 0.322 e. The highest BCUT2D eigenvalue weighted by atomic mass is 16.5. The van der Waals surface area contributed by atoms with Crippen LogP contribution in [0.4, 0.5) is 10.5 Å². The van der Waals surface area contributed by atoms with Crippen molar-refractivity contribution >= 4 is 11.7 Å². The molecule has 1 atom stereocenters. The Morgan fingerprint density at radius 3 is 2.68 bits per heavy atom. The van der Waals surface area contributed by atoms with Gasteiger partial charge in [-0.15, -0.1) is 0 Å². The van der Waals surface area contributed by atoms with Crippen molar-refractivity contribution in [3.63, 3.8) is 0 Å². The van der Waals surface area contributed by atoms with Gasteiger partial charge in [-0.25, -0.2) is 9.78 Å². The minimum Gasteiger partial charge on any atom is -0.439 e. The summed E-state index contributed by atoms with van der Waals surface area (Å²) in [4.78, 5) is 19.0. The highest BCUT2D eigenvalue weighted by molar-refractivity contribution is 5.89. The third-order valence-electron chi connectivity index (χ3n) is 5.07. The van der Waals surface area contributed by atoms with Crippen LogP contribution in [0, 0.1) is 6.92 Å². The lowest BCUT2D eigenvalue weighted by Crippen LogP contribution is -2.35. The van der Waals surface area contributed by atoms with Gasteiger partial charge in [0.15, 0.2) is 0 Å². The molecule has 0 saturated carbocycles. The molecule has 1 unspecified atom stereocenters. The van der Waals surface area contributed by atoms with Crippen LogP contribution in [0.25, 0.3) is 0 Å². The maximum absolute atomic E-state index is 12.8. The number of ether oxygens (including phenoxy) is 1. The van der Waals surface area contributed by atoms with E-state index in [1.807, 2.05) is 61.5 Å². The van der Waals surface area contributed by atoms with Crippen LogP contribution in [0.2, 0.25) is 0 Å². The topological polar surface area (TPSA) is 59.4 Å². The summed E-state index contributed by atoms with van der Waals surface area (Å²) >= 11 is 0. The average Bonchev–Trinajstić information content (AvgIpc) is 3.33. The molecule has 3 aromatic rings. The van der Waals surface area contributed by atoms with Gasteiger partial charge in [0.25, 0.3) is 0 Å². The lowest BCUT2D eigenvalue weighted by atomic mass is 10.1. The molecule has 2 aromatic heterocycles. The van der Waals surface area contributed by atoms with Crippen molar-refractivity contribution in [1.82, 2.24) is 14.5 Å². The van der Waals surface area contributed by atoms with Crippen LogP contribution in [-0.2, 0) is 7.05 Å². The molecule has 0 aliphatic carbocycles. The number of carbonyl (C=O) groups excluding carboxylic acids is 1. The molecule has 1 aliphatic rings. The van der Waals surface area contributed by atoms with Crippen molar-refractivity contribution in [1.29, 1.82) is 0 Å². The summed E-state index contributed by atoms with van der Waals surface area (Å²) in [6.07, 6.45) is 5.62. The van der Waals surface area contributed by atoms with Gasteiger partial charge in [-0.1, -0.05) is 17.7 Å². The Morgan fingerprint density at radius 1 is 1.18 bits per heavy atom. The Balaban J connectivity index is 1.40. The number of hydrogen-bond acceptors (Lipinski definition) is 3. The predicted molar refractivity (Wildman–Crippen MR) is 109 cm³/mol. The molecule has 4 rings (SSSR count). The first-order valence-corrected chi connectivity index (χ1v) is 9.49. The molecule has 6 heteroatoms. The van der Waals surface area contributed by atoms with E-state index in [0.29, 0.717) is 11.6 Å². The second-order valence-electron chi connectivity index (χ2n) is 7.13. The summed E-state index contributed by atoms with van der Waals surface area (Å²) in [6, 6.07) is 15.5. The fraction of sp³-hybridized carbons (Fsp3) is 0.273. The van der Waals surface area contributed by atoms with E-state index >= 15 is 0 Å². The molecule has 0 radical (unpaired) electrons. The zero-order chi connectivity index (χ0) is 19.5. The number of urea groups is 1. The largest absolute Gasteiger partial charge is 0.439 e. The first kappa shape index (κ1) is 18.1. The molecule has 1 fully saturated rings. The molecule has 144 valence electrons. The van der Waals surface area contributed by atoms with Crippen molar-refractivity contribution < 1.29 is 9.53 Å². The Hall–Kier alpha value is -3.28. The smallest absolute Gasteiger partial charge is 0.322 e. The number of carbonyl (C=O) groups is 1. The zero-order valence-corrected chi connectivity index (χ0v) is 16.1. The Bertz CT molecular complexity index is 947. The van der Waals surface area contributed by atoms with Gasteiger partial charge >= 0.3 is 6.03 Å². The minimum absolute atomic E-state index is 0.0993. The van der Waals surface area contributed by atoms with Crippen LogP contribution in [-0.4, -0.2) is 27.0 Å². The van der Waals surface area contributed by atoms with Gasteiger partial charge < -0.3 is 19.5 Å². The lowest BCUT2D eigenvalue weighted by molar-refractivity contribution is 0.205. The van der Waals surface area contributed by atoms with E-state index in [0.717, 1.165) is 30.8 Å². The van der Waals surface area contributed by atoms with Crippen LogP contribution in [0.3, 0.4) is 0 Å². The Labute approximate surface area is 164 Å². The van der Waals surface area contributed by atoms with Gasteiger partial charge in [0.05, 0.1) is 17.9 Å². The molecule has 28 heavy (non-hydrogen) atoms. The molecule has 3 heterocycles. The van der Waals surface area contributed by atoms with E-state index in [4.69, 9.17) is 4.74 Å². The van der Waals surface area contributed by atoms with Crippen LogP contribution < -0.4 is 10.1 Å². The summed E-state index contributed by atoms with van der Waals surface area (Å²) in [5.74, 6) is 1.22. The summed E-state index contributed by atoms with van der Waals surface area (Å²) in [5.41, 5.74) is 2.99. The first-order chi connectivity index (χ1) is 13.6. The van der Waals surface area contributed by atoms with Gasteiger partial charge in [-0.2, -0.15) is 0 Å².